The lowest BCUT2D eigenvalue weighted by Gasteiger charge is -2.36. The molecule has 3 aromatic rings. The summed E-state index contributed by atoms with van der Waals surface area (Å²) >= 11 is 6.43. The van der Waals surface area contributed by atoms with E-state index in [9.17, 15) is 14.7 Å². The molecular formula is C22H26ClN5O4. The van der Waals surface area contributed by atoms with E-state index in [0.29, 0.717) is 35.5 Å². The van der Waals surface area contributed by atoms with Crippen molar-refractivity contribution in [2.75, 3.05) is 6.61 Å². The second kappa shape index (κ2) is 8.12. The van der Waals surface area contributed by atoms with Crippen LogP contribution in [0.4, 0.5) is 0 Å². The van der Waals surface area contributed by atoms with E-state index in [4.69, 9.17) is 16.1 Å². The minimum absolute atomic E-state index is 0.102. The highest BCUT2D eigenvalue weighted by molar-refractivity contribution is 6.33. The van der Waals surface area contributed by atoms with Crippen molar-refractivity contribution in [1.29, 1.82) is 0 Å². The van der Waals surface area contributed by atoms with E-state index >= 15 is 0 Å². The van der Waals surface area contributed by atoms with E-state index in [1.165, 1.54) is 4.57 Å². The average molecular weight is 460 g/mol. The van der Waals surface area contributed by atoms with Crippen LogP contribution >= 0.6 is 11.6 Å². The number of H-pyrrole nitrogens is 1. The molecule has 1 unspecified atom stereocenters. The molecule has 0 amide bonds. The number of carbonyl (C=O) groups excluding carboxylic acids is 1. The number of imidazole rings is 1. The van der Waals surface area contributed by atoms with Gasteiger partial charge in [0.2, 0.25) is 0 Å². The van der Waals surface area contributed by atoms with Crippen molar-refractivity contribution in [2.24, 2.45) is 0 Å². The molecule has 3 aromatic heterocycles. The predicted octanol–water partition coefficient (Wildman–Crippen LogP) is 3.48. The number of nitrogens with one attached hydrogen (secondary N) is 1. The van der Waals surface area contributed by atoms with Gasteiger partial charge in [0.25, 0.3) is 0 Å². The Balaban J connectivity index is 1.66. The van der Waals surface area contributed by atoms with Crippen molar-refractivity contribution in [3.05, 3.63) is 27.0 Å². The molecule has 0 radical (unpaired) electrons. The summed E-state index contributed by atoms with van der Waals surface area (Å²) in [5, 5.41) is 14.2. The first-order valence-electron chi connectivity index (χ1n) is 11.3. The molecule has 2 aliphatic carbocycles. The molecule has 0 bridgehead atoms. The van der Waals surface area contributed by atoms with Gasteiger partial charge in [0.05, 0.1) is 18.1 Å². The predicted molar refractivity (Wildman–Crippen MR) is 118 cm³/mol. The first-order chi connectivity index (χ1) is 15.5. The zero-order valence-corrected chi connectivity index (χ0v) is 18.7. The number of fused-ring (bicyclic) bond motifs is 3. The van der Waals surface area contributed by atoms with Gasteiger partial charge in [0, 0.05) is 12.0 Å². The zero-order valence-electron chi connectivity index (χ0n) is 18.0. The zero-order chi connectivity index (χ0) is 22.5. The summed E-state index contributed by atoms with van der Waals surface area (Å²) in [6, 6.07) is -0.422. The summed E-state index contributed by atoms with van der Waals surface area (Å²) < 4.78 is 7.23. The molecule has 2 atom stereocenters. The smallest absolute Gasteiger partial charge is 0.328 e. The maximum absolute atomic E-state index is 12.9. The van der Waals surface area contributed by atoms with Crippen LogP contribution in [-0.4, -0.2) is 42.2 Å². The van der Waals surface area contributed by atoms with Gasteiger partial charge >= 0.3 is 5.69 Å². The topological polar surface area (TPSA) is 127 Å². The molecule has 9 nitrogen and oxygen atoms in total. The number of hydrogen-bond donors (Lipinski definition) is 2. The lowest BCUT2D eigenvalue weighted by atomic mass is 9.64. The standard InChI is InChI=1S/C22H26ClN5O4/c1-2-6-12(11-29)28-20-16(24-21(28)31)18(23)25-19(26-20)15-13-7-5-10-22(17(13)32-27-15)9-4-3-8-14(22)30/h12,29H,2-11H2,1H3,(H,24,31)/t12?,22-/m1/s1. The fourth-order valence-electron chi connectivity index (χ4n) is 5.42. The minimum atomic E-state index is -0.593. The highest BCUT2D eigenvalue weighted by Gasteiger charge is 2.48. The van der Waals surface area contributed by atoms with Crippen LogP contribution in [0.1, 0.15) is 75.7 Å². The van der Waals surface area contributed by atoms with Crippen molar-refractivity contribution < 1.29 is 14.4 Å². The number of aliphatic hydroxyl groups is 1. The number of carbonyl (C=O) groups is 1. The number of ketones is 1. The number of aliphatic hydroxyl groups excluding tert-OH is 1. The molecule has 2 aliphatic rings. The van der Waals surface area contributed by atoms with Crippen molar-refractivity contribution in [1.82, 2.24) is 24.7 Å². The number of aromatic nitrogens is 5. The van der Waals surface area contributed by atoms with Gasteiger partial charge in [-0.3, -0.25) is 9.36 Å². The molecule has 2 N–H and O–H groups in total. The number of rotatable bonds is 5. The Labute approximate surface area is 189 Å². The quantitative estimate of drug-likeness (QED) is 0.559. The third-order valence-electron chi connectivity index (χ3n) is 6.98. The van der Waals surface area contributed by atoms with E-state index < -0.39 is 17.1 Å². The van der Waals surface area contributed by atoms with E-state index in [0.717, 1.165) is 50.5 Å². The Bertz CT molecular complexity index is 1250. The Morgan fingerprint density at radius 2 is 2.03 bits per heavy atom. The molecule has 0 aromatic carbocycles. The van der Waals surface area contributed by atoms with Gasteiger partial charge in [-0.2, -0.15) is 0 Å². The molecule has 0 saturated heterocycles. The van der Waals surface area contributed by atoms with E-state index in [1.54, 1.807) is 0 Å². The van der Waals surface area contributed by atoms with Crippen LogP contribution in [0.2, 0.25) is 5.15 Å². The summed E-state index contributed by atoms with van der Waals surface area (Å²) in [6.45, 7) is 1.79. The summed E-state index contributed by atoms with van der Waals surface area (Å²) in [7, 11) is 0. The summed E-state index contributed by atoms with van der Waals surface area (Å²) in [5.74, 6) is 1.13. The van der Waals surface area contributed by atoms with Gasteiger partial charge in [-0.1, -0.05) is 36.5 Å². The normalized spacial score (nSPS) is 21.9. The molecule has 0 aliphatic heterocycles. The Morgan fingerprint density at radius 3 is 2.78 bits per heavy atom. The lowest BCUT2D eigenvalue weighted by Crippen LogP contribution is -2.41. The number of hydrogen-bond acceptors (Lipinski definition) is 7. The highest BCUT2D eigenvalue weighted by atomic mass is 35.5. The van der Waals surface area contributed by atoms with Gasteiger partial charge in [-0.05, 0) is 38.5 Å². The average Bonchev–Trinajstić information content (AvgIpc) is 3.36. The second-order valence-corrected chi connectivity index (χ2v) is 9.22. The number of Topliss-reactive ketones (excluding diaryl/α,β-unsaturated/α-hetero) is 1. The summed E-state index contributed by atoms with van der Waals surface area (Å²) in [5.41, 5.74) is 0.996. The maximum Gasteiger partial charge on any atom is 0.328 e. The lowest BCUT2D eigenvalue weighted by molar-refractivity contribution is -0.128. The van der Waals surface area contributed by atoms with E-state index in [-0.39, 0.29) is 23.4 Å². The third-order valence-corrected chi connectivity index (χ3v) is 7.25. The number of halogens is 1. The largest absolute Gasteiger partial charge is 0.394 e. The molecule has 3 heterocycles. The Kier molecular flexibility index (Phi) is 5.41. The molecule has 1 saturated carbocycles. The van der Waals surface area contributed by atoms with Crippen LogP contribution in [0.15, 0.2) is 9.32 Å². The SMILES string of the molecule is CCCC(CO)n1c(=O)[nH]c2c(Cl)nc(-c3noc4c3CCC[C@@]43CCCCC3=O)nc21. The van der Waals surface area contributed by atoms with E-state index in [2.05, 4.69) is 20.1 Å². The van der Waals surface area contributed by atoms with Crippen molar-refractivity contribution in [2.45, 2.75) is 76.2 Å². The van der Waals surface area contributed by atoms with Crippen LogP contribution in [0, 0.1) is 0 Å². The van der Waals surface area contributed by atoms with Crippen molar-refractivity contribution >= 4 is 28.5 Å². The van der Waals surface area contributed by atoms with E-state index in [1.807, 2.05) is 6.92 Å². The van der Waals surface area contributed by atoms with Gasteiger partial charge in [0.15, 0.2) is 28.1 Å². The molecule has 10 heteroatoms. The van der Waals surface area contributed by atoms with Gasteiger partial charge < -0.3 is 14.6 Å². The fourth-order valence-corrected chi connectivity index (χ4v) is 5.63. The van der Waals surface area contributed by atoms with Crippen molar-refractivity contribution in [3.63, 3.8) is 0 Å². The first kappa shape index (κ1) is 21.3. The number of nitrogens with zero attached hydrogens (tertiary/aromatic N) is 4. The molecule has 5 rings (SSSR count). The summed E-state index contributed by atoms with van der Waals surface area (Å²) in [6.07, 6.45) is 7.03. The molecule has 32 heavy (non-hydrogen) atoms. The Morgan fingerprint density at radius 1 is 1.22 bits per heavy atom. The molecule has 1 spiro atoms. The third kappa shape index (κ3) is 3.13. The monoisotopic (exact) mass is 459 g/mol. The summed E-state index contributed by atoms with van der Waals surface area (Å²) in [4.78, 5) is 37.3. The van der Waals surface area contributed by atoms with Crippen LogP contribution in [-0.2, 0) is 16.6 Å². The number of aromatic amines is 1. The van der Waals surface area contributed by atoms with Crippen LogP contribution in [0.3, 0.4) is 0 Å². The fraction of sp³-hybridized carbons (Fsp3) is 0.591. The molecule has 170 valence electrons. The van der Waals surface area contributed by atoms with Gasteiger partial charge in [-0.15, -0.1) is 0 Å². The first-order valence-corrected chi connectivity index (χ1v) is 11.7. The molecular weight excluding hydrogens is 434 g/mol. The Hall–Kier alpha value is -2.52. The van der Waals surface area contributed by atoms with Gasteiger partial charge in [0.1, 0.15) is 11.3 Å². The van der Waals surface area contributed by atoms with Crippen molar-refractivity contribution in [3.8, 4) is 11.5 Å². The van der Waals surface area contributed by atoms with Crippen LogP contribution in [0.5, 0.6) is 0 Å². The maximum atomic E-state index is 12.9. The minimum Gasteiger partial charge on any atom is -0.394 e. The van der Waals surface area contributed by atoms with Crippen LogP contribution in [0.25, 0.3) is 22.7 Å². The van der Waals surface area contributed by atoms with Crippen LogP contribution < -0.4 is 5.69 Å². The highest BCUT2D eigenvalue weighted by Crippen LogP contribution is 2.47. The second-order valence-electron chi connectivity index (χ2n) is 8.87. The molecule has 1 fully saturated rings. The van der Waals surface area contributed by atoms with Gasteiger partial charge in [-0.25, -0.2) is 14.8 Å².